The SMILES string of the molecule is COC(=O)C1CCN(Cc2c(C)cc(C3CN(c4c(Cl)cccc4Cl)C3)nc2C)CC1. The number of rotatable bonds is 5. The Bertz CT molecular complexity index is 924. The van der Waals surface area contributed by atoms with Gasteiger partial charge in [-0.05, 0) is 69.1 Å². The number of para-hydroxylation sites is 1. The highest BCUT2D eigenvalue weighted by molar-refractivity contribution is 6.39. The van der Waals surface area contributed by atoms with Crippen LogP contribution in [0, 0.1) is 19.8 Å². The number of likely N-dealkylation sites (tertiary alicyclic amines) is 1. The quantitative estimate of drug-likeness (QED) is 0.586. The van der Waals surface area contributed by atoms with Crippen LogP contribution >= 0.6 is 23.2 Å². The lowest BCUT2D eigenvalue weighted by atomic mass is 9.92. The van der Waals surface area contributed by atoms with Crippen LogP contribution in [0.2, 0.25) is 10.0 Å². The molecule has 2 aliphatic heterocycles. The fourth-order valence-electron chi connectivity index (χ4n) is 4.69. The summed E-state index contributed by atoms with van der Waals surface area (Å²) in [6.45, 7) is 8.73. The van der Waals surface area contributed by atoms with E-state index in [0.29, 0.717) is 16.0 Å². The Kier molecular flexibility index (Phi) is 6.75. The summed E-state index contributed by atoms with van der Waals surface area (Å²) < 4.78 is 4.90. The summed E-state index contributed by atoms with van der Waals surface area (Å²) in [6, 6.07) is 7.87. The minimum atomic E-state index is -0.0781. The highest BCUT2D eigenvalue weighted by Gasteiger charge is 2.32. The predicted molar refractivity (Wildman–Crippen MR) is 125 cm³/mol. The third-order valence-corrected chi connectivity index (χ3v) is 7.24. The molecule has 31 heavy (non-hydrogen) atoms. The summed E-state index contributed by atoms with van der Waals surface area (Å²) in [6.07, 6.45) is 1.72. The van der Waals surface area contributed by atoms with Crippen LogP contribution in [-0.2, 0) is 16.1 Å². The van der Waals surface area contributed by atoms with E-state index in [1.165, 1.54) is 18.2 Å². The number of anilines is 1. The van der Waals surface area contributed by atoms with E-state index < -0.39 is 0 Å². The lowest BCUT2D eigenvalue weighted by Gasteiger charge is -2.42. The second kappa shape index (κ2) is 9.35. The van der Waals surface area contributed by atoms with Crippen molar-refractivity contribution in [3.8, 4) is 0 Å². The number of methoxy groups -OCH3 is 1. The van der Waals surface area contributed by atoms with Gasteiger partial charge in [-0.1, -0.05) is 29.3 Å². The molecule has 7 heteroatoms. The Morgan fingerprint density at radius 3 is 2.39 bits per heavy atom. The number of esters is 1. The van der Waals surface area contributed by atoms with Crippen LogP contribution in [0.5, 0.6) is 0 Å². The number of carbonyl (C=O) groups is 1. The maximum atomic E-state index is 11.8. The zero-order valence-corrected chi connectivity index (χ0v) is 19.8. The van der Waals surface area contributed by atoms with Crippen LogP contribution in [0.25, 0.3) is 0 Å². The van der Waals surface area contributed by atoms with Crippen molar-refractivity contribution < 1.29 is 9.53 Å². The standard InChI is InChI=1S/C24H29Cl2N3O2/c1-15-11-22(18-12-29(13-18)23-20(25)5-4-6-21(23)26)27-16(2)19(15)14-28-9-7-17(8-10-28)24(30)31-3/h4-6,11,17-18H,7-10,12-14H2,1-3H3. The van der Waals surface area contributed by atoms with Gasteiger partial charge >= 0.3 is 5.97 Å². The van der Waals surface area contributed by atoms with E-state index in [1.54, 1.807) is 0 Å². The number of carbonyl (C=O) groups excluding carboxylic acids is 1. The molecule has 1 aromatic heterocycles. The van der Waals surface area contributed by atoms with Gasteiger partial charge in [-0.2, -0.15) is 0 Å². The van der Waals surface area contributed by atoms with Crippen molar-refractivity contribution in [3.05, 3.63) is 56.8 Å². The summed E-state index contributed by atoms with van der Waals surface area (Å²) in [5.74, 6) is 0.345. The van der Waals surface area contributed by atoms with Crippen molar-refractivity contribution in [2.24, 2.45) is 5.92 Å². The summed E-state index contributed by atoms with van der Waals surface area (Å²) in [4.78, 5) is 21.4. The van der Waals surface area contributed by atoms with E-state index in [0.717, 1.165) is 62.6 Å². The molecule has 0 unspecified atom stereocenters. The number of aryl methyl sites for hydroxylation is 2. The number of hydrogen-bond donors (Lipinski definition) is 0. The summed E-state index contributed by atoms with van der Waals surface area (Å²) in [5, 5.41) is 1.38. The first-order valence-electron chi connectivity index (χ1n) is 10.8. The molecular formula is C24H29Cl2N3O2. The maximum absolute atomic E-state index is 11.8. The third-order valence-electron chi connectivity index (χ3n) is 6.63. The van der Waals surface area contributed by atoms with E-state index in [1.807, 2.05) is 18.2 Å². The van der Waals surface area contributed by atoms with Gasteiger partial charge in [0.1, 0.15) is 0 Å². The topological polar surface area (TPSA) is 45.7 Å². The largest absolute Gasteiger partial charge is 0.469 e. The lowest BCUT2D eigenvalue weighted by molar-refractivity contribution is -0.147. The van der Waals surface area contributed by atoms with Crippen LogP contribution in [0.1, 0.15) is 41.3 Å². The van der Waals surface area contributed by atoms with Crippen LogP contribution < -0.4 is 4.90 Å². The molecule has 2 fully saturated rings. The van der Waals surface area contributed by atoms with Crippen LogP contribution in [0.4, 0.5) is 5.69 Å². The predicted octanol–water partition coefficient (Wildman–Crippen LogP) is 4.99. The van der Waals surface area contributed by atoms with Crippen LogP contribution in [-0.4, -0.2) is 49.1 Å². The Balaban J connectivity index is 1.39. The van der Waals surface area contributed by atoms with E-state index in [2.05, 4.69) is 29.7 Å². The summed E-state index contributed by atoms with van der Waals surface area (Å²) >= 11 is 12.7. The molecule has 2 saturated heterocycles. The molecule has 5 nitrogen and oxygen atoms in total. The van der Waals surface area contributed by atoms with Gasteiger partial charge in [0.15, 0.2) is 0 Å². The van der Waals surface area contributed by atoms with Gasteiger partial charge in [0.2, 0.25) is 0 Å². The first-order chi connectivity index (χ1) is 14.9. The number of aromatic nitrogens is 1. The van der Waals surface area contributed by atoms with Gasteiger partial charge in [-0.15, -0.1) is 0 Å². The van der Waals surface area contributed by atoms with Gasteiger partial charge < -0.3 is 9.64 Å². The van der Waals surface area contributed by atoms with Crippen molar-refractivity contribution >= 4 is 34.9 Å². The number of ether oxygens (including phenoxy) is 1. The zero-order chi connectivity index (χ0) is 22.1. The minimum Gasteiger partial charge on any atom is -0.469 e. The molecule has 4 rings (SSSR count). The fourth-order valence-corrected chi connectivity index (χ4v) is 5.33. The average Bonchev–Trinajstić information content (AvgIpc) is 2.71. The molecule has 0 radical (unpaired) electrons. The summed E-state index contributed by atoms with van der Waals surface area (Å²) in [5.41, 5.74) is 5.74. The zero-order valence-electron chi connectivity index (χ0n) is 18.3. The Hall–Kier alpha value is -1.82. The first-order valence-corrected chi connectivity index (χ1v) is 11.6. The van der Waals surface area contributed by atoms with Crippen LogP contribution in [0.15, 0.2) is 24.3 Å². The molecule has 166 valence electrons. The second-order valence-corrected chi connectivity index (χ2v) is 9.49. The van der Waals surface area contributed by atoms with Gasteiger partial charge in [-0.25, -0.2) is 0 Å². The molecule has 0 bridgehead atoms. The number of pyridine rings is 1. The molecule has 0 spiro atoms. The number of benzene rings is 1. The Morgan fingerprint density at radius 2 is 1.81 bits per heavy atom. The molecule has 2 aliphatic rings. The third kappa shape index (κ3) is 4.69. The van der Waals surface area contributed by atoms with Crippen molar-refractivity contribution in [3.63, 3.8) is 0 Å². The van der Waals surface area contributed by atoms with Crippen molar-refractivity contribution in [2.75, 3.05) is 38.2 Å². The molecule has 0 atom stereocenters. The van der Waals surface area contributed by atoms with E-state index in [4.69, 9.17) is 32.9 Å². The molecule has 0 aliphatic carbocycles. The average molecular weight is 462 g/mol. The Labute approximate surface area is 194 Å². The van der Waals surface area contributed by atoms with Crippen molar-refractivity contribution in [1.29, 1.82) is 0 Å². The second-order valence-electron chi connectivity index (χ2n) is 8.67. The summed E-state index contributed by atoms with van der Waals surface area (Å²) in [7, 11) is 1.47. The van der Waals surface area contributed by atoms with Gasteiger partial charge in [0.25, 0.3) is 0 Å². The smallest absolute Gasteiger partial charge is 0.308 e. The normalized spacial score (nSPS) is 18.2. The molecule has 1 aromatic carbocycles. The molecule has 0 saturated carbocycles. The van der Waals surface area contributed by atoms with Crippen molar-refractivity contribution in [2.45, 2.75) is 39.2 Å². The van der Waals surface area contributed by atoms with Gasteiger partial charge in [-0.3, -0.25) is 14.7 Å². The number of hydrogen-bond acceptors (Lipinski definition) is 5. The lowest BCUT2D eigenvalue weighted by Crippen LogP contribution is -2.45. The highest BCUT2D eigenvalue weighted by atomic mass is 35.5. The first kappa shape index (κ1) is 22.4. The van der Waals surface area contributed by atoms with Crippen molar-refractivity contribution in [1.82, 2.24) is 9.88 Å². The van der Waals surface area contributed by atoms with E-state index in [9.17, 15) is 4.79 Å². The van der Waals surface area contributed by atoms with Gasteiger partial charge in [0, 0.05) is 36.9 Å². The van der Waals surface area contributed by atoms with Gasteiger partial charge in [0.05, 0.1) is 28.8 Å². The minimum absolute atomic E-state index is 0.0390. The monoisotopic (exact) mass is 461 g/mol. The molecule has 0 amide bonds. The number of halogens is 2. The maximum Gasteiger partial charge on any atom is 0.308 e. The van der Waals surface area contributed by atoms with E-state index >= 15 is 0 Å². The molecule has 0 N–H and O–H groups in total. The number of nitrogens with zero attached hydrogens (tertiary/aromatic N) is 3. The van der Waals surface area contributed by atoms with E-state index in [-0.39, 0.29) is 11.9 Å². The fraction of sp³-hybridized carbons (Fsp3) is 0.500. The number of piperidine rings is 1. The Morgan fingerprint density at radius 1 is 1.16 bits per heavy atom. The highest BCUT2D eigenvalue weighted by Crippen LogP contribution is 2.40. The molecule has 2 aromatic rings. The molecule has 3 heterocycles. The van der Waals surface area contributed by atoms with Crippen LogP contribution in [0.3, 0.4) is 0 Å². The molecular weight excluding hydrogens is 433 g/mol.